The van der Waals surface area contributed by atoms with E-state index in [-0.39, 0.29) is 11.9 Å². The SMILES string of the molecule is CCc1cccc(CNCC[C@H](Cc2cc(F)cc(F)c2)NC(=O)C2=CC=C3CCC(O)C3=CC2)c1. The number of benzene rings is 2. The van der Waals surface area contributed by atoms with E-state index in [1.165, 1.54) is 23.3 Å². The summed E-state index contributed by atoms with van der Waals surface area (Å²) in [5.74, 6) is -1.45. The highest BCUT2D eigenvalue weighted by molar-refractivity contribution is 5.94. The Hall–Kier alpha value is -3.09. The normalized spacial score (nSPS) is 18.0. The van der Waals surface area contributed by atoms with Gasteiger partial charge >= 0.3 is 0 Å². The molecule has 2 aliphatic rings. The number of fused-ring (bicyclic) bond motifs is 1. The van der Waals surface area contributed by atoms with E-state index >= 15 is 0 Å². The predicted molar refractivity (Wildman–Crippen MR) is 138 cm³/mol. The van der Waals surface area contributed by atoms with E-state index in [4.69, 9.17) is 0 Å². The molecule has 0 spiro atoms. The second-order valence-electron chi connectivity index (χ2n) is 9.59. The molecule has 1 fully saturated rings. The summed E-state index contributed by atoms with van der Waals surface area (Å²) in [6.07, 6.45) is 9.08. The summed E-state index contributed by atoms with van der Waals surface area (Å²) in [7, 11) is 0. The van der Waals surface area contributed by atoms with E-state index in [2.05, 4.69) is 41.8 Å². The van der Waals surface area contributed by atoms with Crippen LogP contribution in [-0.4, -0.2) is 29.7 Å². The first kappa shape index (κ1) is 26.0. The fourth-order valence-corrected chi connectivity index (χ4v) is 4.90. The molecule has 1 saturated carbocycles. The van der Waals surface area contributed by atoms with Crippen LogP contribution in [0, 0.1) is 11.6 Å². The number of aryl methyl sites for hydroxylation is 1. The number of nitrogens with one attached hydrogen (secondary N) is 2. The maximum atomic E-state index is 13.8. The van der Waals surface area contributed by atoms with Crippen molar-refractivity contribution in [1.82, 2.24) is 10.6 Å². The molecule has 4 rings (SSSR count). The monoisotopic (exact) mass is 492 g/mol. The van der Waals surface area contributed by atoms with Crippen molar-refractivity contribution in [3.63, 3.8) is 0 Å². The van der Waals surface area contributed by atoms with Gasteiger partial charge in [-0.05, 0) is 85.0 Å². The number of carbonyl (C=O) groups is 1. The lowest BCUT2D eigenvalue weighted by Gasteiger charge is -2.20. The second-order valence-corrected chi connectivity index (χ2v) is 9.59. The van der Waals surface area contributed by atoms with Crippen LogP contribution in [0.15, 0.2) is 77.4 Å². The second kappa shape index (κ2) is 12.2. The molecule has 0 bridgehead atoms. The van der Waals surface area contributed by atoms with Crippen molar-refractivity contribution in [2.45, 2.75) is 64.1 Å². The molecule has 2 aliphatic carbocycles. The van der Waals surface area contributed by atoms with Gasteiger partial charge in [-0.15, -0.1) is 0 Å². The Kier molecular flexibility index (Phi) is 8.83. The average molecular weight is 493 g/mol. The quantitative estimate of drug-likeness (QED) is 0.406. The standard InChI is InChI=1S/C30H34F2N2O2/c1-2-20-4-3-5-21(14-20)19-33-13-12-27(17-22-15-25(31)18-26(32)16-22)34-30(36)24-7-6-23-9-11-29(35)28(23)10-8-24/h3-7,10,14-16,18,27,29,33,35H,2,8-9,11-13,17,19H2,1H3,(H,34,36)/t27-,29?/m1/s1. The van der Waals surface area contributed by atoms with Gasteiger partial charge in [0, 0.05) is 24.2 Å². The first-order valence-corrected chi connectivity index (χ1v) is 12.7. The molecule has 1 amide bonds. The Labute approximate surface area is 211 Å². The third-order valence-corrected chi connectivity index (χ3v) is 6.87. The average Bonchev–Trinajstić information content (AvgIpc) is 3.06. The molecule has 0 aromatic heterocycles. The molecule has 36 heavy (non-hydrogen) atoms. The molecule has 2 aromatic carbocycles. The first-order valence-electron chi connectivity index (χ1n) is 12.7. The van der Waals surface area contributed by atoms with Gasteiger partial charge in [0.2, 0.25) is 5.91 Å². The molecule has 0 radical (unpaired) electrons. The Morgan fingerprint density at radius 2 is 1.86 bits per heavy atom. The summed E-state index contributed by atoms with van der Waals surface area (Å²) in [6.45, 7) is 3.47. The lowest BCUT2D eigenvalue weighted by atomic mass is 10.0. The van der Waals surface area contributed by atoms with Crippen LogP contribution < -0.4 is 10.6 Å². The molecule has 0 saturated heterocycles. The topological polar surface area (TPSA) is 61.4 Å². The van der Waals surface area contributed by atoms with Crippen LogP contribution >= 0.6 is 0 Å². The number of rotatable bonds is 10. The van der Waals surface area contributed by atoms with Gasteiger partial charge in [-0.3, -0.25) is 4.79 Å². The fourth-order valence-electron chi connectivity index (χ4n) is 4.90. The molecule has 0 aliphatic heterocycles. The van der Waals surface area contributed by atoms with Gasteiger partial charge in [0.1, 0.15) is 11.6 Å². The predicted octanol–water partition coefficient (Wildman–Crippen LogP) is 5.07. The minimum absolute atomic E-state index is 0.198. The minimum Gasteiger partial charge on any atom is -0.388 e. The van der Waals surface area contributed by atoms with Gasteiger partial charge in [-0.25, -0.2) is 8.78 Å². The molecular formula is C30H34F2N2O2. The van der Waals surface area contributed by atoms with Crippen LogP contribution in [-0.2, 0) is 24.2 Å². The van der Waals surface area contributed by atoms with Crippen molar-refractivity contribution in [2.75, 3.05) is 6.54 Å². The van der Waals surface area contributed by atoms with Crippen molar-refractivity contribution in [3.05, 3.63) is 106 Å². The largest absolute Gasteiger partial charge is 0.388 e. The highest BCUT2D eigenvalue weighted by Gasteiger charge is 2.25. The summed E-state index contributed by atoms with van der Waals surface area (Å²) >= 11 is 0. The van der Waals surface area contributed by atoms with E-state index in [9.17, 15) is 18.7 Å². The molecule has 3 N–H and O–H groups in total. The van der Waals surface area contributed by atoms with Crippen LogP contribution in [0.1, 0.15) is 49.3 Å². The zero-order valence-corrected chi connectivity index (χ0v) is 20.7. The molecule has 2 atom stereocenters. The molecular weight excluding hydrogens is 458 g/mol. The third-order valence-electron chi connectivity index (χ3n) is 6.87. The molecule has 4 nitrogen and oxygen atoms in total. The van der Waals surface area contributed by atoms with Crippen LogP contribution in [0.3, 0.4) is 0 Å². The summed E-state index contributed by atoms with van der Waals surface area (Å²) in [5.41, 5.74) is 5.58. The Morgan fingerprint density at radius 1 is 1.08 bits per heavy atom. The maximum absolute atomic E-state index is 13.8. The van der Waals surface area contributed by atoms with E-state index < -0.39 is 17.7 Å². The highest BCUT2D eigenvalue weighted by atomic mass is 19.1. The smallest absolute Gasteiger partial charge is 0.247 e. The van der Waals surface area contributed by atoms with Crippen molar-refractivity contribution < 1.29 is 18.7 Å². The van der Waals surface area contributed by atoms with Gasteiger partial charge in [0.15, 0.2) is 0 Å². The molecule has 2 aromatic rings. The fraction of sp³-hybridized carbons (Fsp3) is 0.367. The lowest BCUT2D eigenvalue weighted by molar-refractivity contribution is -0.118. The number of carbonyl (C=O) groups excluding carboxylic acids is 1. The van der Waals surface area contributed by atoms with Crippen molar-refractivity contribution in [1.29, 1.82) is 0 Å². The summed E-state index contributed by atoms with van der Waals surface area (Å²) < 4.78 is 27.6. The molecule has 190 valence electrons. The Bertz CT molecular complexity index is 1160. The zero-order chi connectivity index (χ0) is 25.5. The number of aliphatic hydroxyl groups is 1. The number of halogens is 2. The number of hydrogen-bond donors (Lipinski definition) is 3. The molecule has 0 heterocycles. The Balaban J connectivity index is 1.41. The van der Waals surface area contributed by atoms with Crippen LogP contribution in [0.25, 0.3) is 0 Å². The number of amides is 1. The summed E-state index contributed by atoms with van der Waals surface area (Å²) in [4.78, 5) is 13.1. The Morgan fingerprint density at radius 3 is 2.64 bits per heavy atom. The van der Waals surface area contributed by atoms with Crippen LogP contribution in [0.5, 0.6) is 0 Å². The molecule has 1 unspecified atom stereocenters. The molecule has 6 heteroatoms. The van der Waals surface area contributed by atoms with Gasteiger partial charge in [-0.1, -0.05) is 49.4 Å². The van der Waals surface area contributed by atoms with E-state index in [1.54, 1.807) is 0 Å². The number of hydrogen-bond acceptors (Lipinski definition) is 3. The number of aliphatic hydroxyl groups excluding tert-OH is 1. The van der Waals surface area contributed by atoms with Crippen LogP contribution in [0.2, 0.25) is 0 Å². The maximum Gasteiger partial charge on any atom is 0.247 e. The number of allylic oxidation sites excluding steroid dienone is 3. The third kappa shape index (κ3) is 6.99. The van der Waals surface area contributed by atoms with E-state index in [1.807, 2.05) is 18.2 Å². The van der Waals surface area contributed by atoms with Crippen molar-refractivity contribution >= 4 is 5.91 Å². The van der Waals surface area contributed by atoms with Gasteiger partial charge in [0.25, 0.3) is 0 Å². The summed E-state index contributed by atoms with van der Waals surface area (Å²) in [5, 5.41) is 16.7. The summed E-state index contributed by atoms with van der Waals surface area (Å²) in [6, 6.07) is 11.6. The first-order chi connectivity index (χ1) is 17.4. The van der Waals surface area contributed by atoms with Gasteiger partial charge < -0.3 is 15.7 Å². The van der Waals surface area contributed by atoms with Crippen molar-refractivity contribution in [3.8, 4) is 0 Å². The van der Waals surface area contributed by atoms with Crippen LogP contribution in [0.4, 0.5) is 8.78 Å². The van der Waals surface area contributed by atoms with Crippen molar-refractivity contribution in [2.24, 2.45) is 0 Å². The van der Waals surface area contributed by atoms with E-state index in [0.717, 1.165) is 36.5 Å². The highest BCUT2D eigenvalue weighted by Crippen LogP contribution is 2.33. The zero-order valence-electron chi connectivity index (χ0n) is 20.7. The lowest BCUT2D eigenvalue weighted by Crippen LogP contribution is -2.39. The minimum atomic E-state index is -0.626. The van der Waals surface area contributed by atoms with Gasteiger partial charge in [0.05, 0.1) is 6.10 Å². The van der Waals surface area contributed by atoms with Gasteiger partial charge in [-0.2, -0.15) is 0 Å². The van der Waals surface area contributed by atoms with E-state index in [0.29, 0.717) is 43.5 Å².